The molecule has 1 atom stereocenters. The molecular formula is C28H35NO. The summed E-state index contributed by atoms with van der Waals surface area (Å²) < 4.78 is 6.09. The molecule has 1 unspecified atom stereocenters. The Morgan fingerprint density at radius 1 is 0.767 bits per heavy atom. The lowest BCUT2D eigenvalue weighted by molar-refractivity contribution is 0.312. The van der Waals surface area contributed by atoms with E-state index in [0.29, 0.717) is 11.8 Å². The van der Waals surface area contributed by atoms with Crippen LogP contribution in [0.25, 0.3) is 0 Å². The van der Waals surface area contributed by atoms with Crippen molar-refractivity contribution >= 4 is 5.69 Å². The van der Waals surface area contributed by atoms with Gasteiger partial charge in [-0.2, -0.15) is 0 Å². The summed E-state index contributed by atoms with van der Waals surface area (Å²) in [6.07, 6.45) is 3.19. The highest BCUT2D eigenvalue weighted by Crippen LogP contribution is 2.26. The van der Waals surface area contributed by atoms with Crippen LogP contribution in [0.2, 0.25) is 0 Å². The van der Waals surface area contributed by atoms with Crippen molar-refractivity contribution in [3.05, 3.63) is 95.6 Å². The fourth-order valence-corrected chi connectivity index (χ4v) is 3.68. The van der Waals surface area contributed by atoms with Crippen LogP contribution in [0.1, 0.15) is 49.8 Å². The Morgan fingerprint density at radius 2 is 1.47 bits per heavy atom. The van der Waals surface area contributed by atoms with Gasteiger partial charge in [0.25, 0.3) is 0 Å². The van der Waals surface area contributed by atoms with E-state index in [2.05, 4.69) is 98.9 Å². The number of anilines is 1. The normalized spacial score (nSPS) is 12.0. The minimum Gasteiger partial charge on any atom is -0.491 e. The van der Waals surface area contributed by atoms with Crippen molar-refractivity contribution in [3.63, 3.8) is 0 Å². The zero-order valence-electron chi connectivity index (χ0n) is 18.6. The molecule has 0 amide bonds. The molecule has 2 nitrogen and oxygen atoms in total. The lowest BCUT2D eigenvalue weighted by Gasteiger charge is -2.17. The van der Waals surface area contributed by atoms with Crippen LogP contribution in [-0.2, 0) is 12.8 Å². The second-order valence-electron chi connectivity index (χ2n) is 8.56. The van der Waals surface area contributed by atoms with Crippen LogP contribution in [-0.4, -0.2) is 13.2 Å². The molecule has 3 aromatic rings. The lowest BCUT2D eigenvalue weighted by atomic mass is 9.96. The molecule has 1 N–H and O–H groups in total. The van der Waals surface area contributed by atoms with Gasteiger partial charge in [-0.1, -0.05) is 87.5 Å². The molecule has 0 saturated carbocycles. The van der Waals surface area contributed by atoms with Crippen molar-refractivity contribution in [2.75, 3.05) is 18.5 Å². The summed E-state index contributed by atoms with van der Waals surface area (Å²) in [4.78, 5) is 0. The Hall–Kier alpha value is -2.74. The first-order chi connectivity index (χ1) is 14.6. The average molecular weight is 402 g/mol. The minimum absolute atomic E-state index is 0.434. The highest BCUT2D eigenvalue weighted by molar-refractivity contribution is 5.56. The van der Waals surface area contributed by atoms with Crippen LogP contribution >= 0.6 is 0 Å². The van der Waals surface area contributed by atoms with Gasteiger partial charge in [-0.25, -0.2) is 0 Å². The van der Waals surface area contributed by atoms with Gasteiger partial charge in [-0.3, -0.25) is 0 Å². The third-order valence-electron chi connectivity index (χ3n) is 5.39. The van der Waals surface area contributed by atoms with Gasteiger partial charge in [0.2, 0.25) is 0 Å². The highest BCUT2D eigenvalue weighted by atomic mass is 16.5. The van der Waals surface area contributed by atoms with Crippen LogP contribution in [0, 0.1) is 5.92 Å². The molecule has 0 bridgehead atoms. The number of para-hydroxylation sites is 2. The van der Waals surface area contributed by atoms with E-state index >= 15 is 0 Å². The van der Waals surface area contributed by atoms with Crippen molar-refractivity contribution in [3.8, 4) is 5.75 Å². The summed E-state index contributed by atoms with van der Waals surface area (Å²) in [5.74, 6) is 2.06. The zero-order chi connectivity index (χ0) is 21.2. The van der Waals surface area contributed by atoms with E-state index in [0.717, 1.165) is 43.9 Å². The summed E-state index contributed by atoms with van der Waals surface area (Å²) in [5.41, 5.74) is 5.22. The quantitative estimate of drug-likeness (QED) is 0.346. The second kappa shape index (κ2) is 11.4. The first kappa shape index (κ1) is 22.0. The molecule has 0 spiro atoms. The van der Waals surface area contributed by atoms with Gasteiger partial charge in [0.05, 0.1) is 12.3 Å². The van der Waals surface area contributed by atoms with Crippen LogP contribution in [0.5, 0.6) is 5.75 Å². The topological polar surface area (TPSA) is 21.3 Å². The van der Waals surface area contributed by atoms with Gasteiger partial charge in [0, 0.05) is 6.54 Å². The van der Waals surface area contributed by atoms with E-state index in [-0.39, 0.29) is 0 Å². The van der Waals surface area contributed by atoms with Crippen molar-refractivity contribution in [2.45, 2.75) is 46.0 Å². The molecule has 0 aromatic heterocycles. The molecule has 0 heterocycles. The van der Waals surface area contributed by atoms with Crippen molar-refractivity contribution in [1.29, 1.82) is 0 Å². The molecule has 0 aliphatic carbocycles. The molecule has 3 aromatic carbocycles. The zero-order valence-corrected chi connectivity index (χ0v) is 18.6. The molecule has 0 aliphatic heterocycles. The van der Waals surface area contributed by atoms with Gasteiger partial charge in [0.15, 0.2) is 0 Å². The van der Waals surface area contributed by atoms with Crippen LogP contribution in [0.15, 0.2) is 78.9 Å². The predicted octanol–water partition coefficient (Wildman–Crippen LogP) is 7.11. The summed E-state index contributed by atoms with van der Waals surface area (Å²) in [7, 11) is 0. The average Bonchev–Trinajstić information content (AvgIpc) is 2.76. The van der Waals surface area contributed by atoms with Gasteiger partial charge >= 0.3 is 0 Å². The molecule has 0 saturated heterocycles. The molecule has 2 heteroatoms. The Labute approximate surface area is 182 Å². The second-order valence-corrected chi connectivity index (χ2v) is 8.56. The van der Waals surface area contributed by atoms with E-state index < -0.39 is 0 Å². The van der Waals surface area contributed by atoms with Crippen LogP contribution < -0.4 is 10.1 Å². The molecule has 30 heavy (non-hydrogen) atoms. The number of nitrogens with one attached hydrogen (secondary N) is 1. The molecule has 3 rings (SSSR count). The largest absolute Gasteiger partial charge is 0.491 e. The summed E-state index contributed by atoms with van der Waals surface area (Å²) in [5, 5.41) is 3.59. The standard InChI is InChI=1S/C28H35NO/c1-22(2)20-25-15-17-26(18-16-25)23(3)21-29-27-13-7-8-14-28(27)30-19-9-12-24-10-5-4-6-11-24/h4-8,10-11,13-18,22-23,29H,9,12,19-21H2,1-3H3. The summed E-state index contributed by atoms with van der Waals surface area (Å²) >= 11 is 0. The van der Waals surface area contributed by atoms with Gasteiger partial charge in [-0.05, 0) is 59.9 Å². The van der Waals surface area contributed by atoms with Crippen LogP contribution in [0.3, 0.4) is 0 Å². The Morgan fingerprint density at radius 3 is 2.20 bits per heavy atom. The summed E-state index contributed by atoms with van der Waals surface area (Å²) in [6.45, 7) is 8.41. The van der Waals surface area contributed by atoms with E-state index in [4.69, 9.17) is 4.74 Å². The Kier molecular flexibility index (Phi) is 8.38. The number of ether oxygens (including phenoxy) is 1. The number of aryl methyl sites for hydroxylation is 1. The van der Waals surface area contributed by atoms with E-state index in [9.17, 15) is 0 Å². The van der Waals surface area contributed by atoms with E-state index in [1.54, 1.807) is 0 Å². The van der Waals surface area contributed by atoms with E-state index in [1.165, 1.54) is 16.7 Å². The third kappa shape index (κ3) is 6.95. The monoisotopic (exact) mass is 401 g/mol. The lowest BCUT2D eigenvalue weighted by Crippen LogP contribution is -2.11. The number of rotatable bonds is 11. The van der Waals surface area contributed by atoms with Gasteiger partial charge < -0.3 is 10.1 Å². The van der Waals surface area contributed by atoms with Crippen molar-refractivity contribution < 1.29 is 4.74 Å². The predicted molar refractivity (Wildman–Crippen MR) is 129 cm³/mol. The van der Waals surface area contributed by atoms with Gasteiger partial charge in [0.1, 0.15) is 5.75 Å². The maximum absolute atomic E-state index is 6.09. The Bertz CT molecular complexity index is 871. The molecule has 0 fully saturated rings. The maximum Gasteiger partial charge on any atom is 0.142 e. The molecule has 0 aliphatic rings. The van der Waals surface area contributed by atoms with E-state index in [1.807, 2.05) is 6.07 Å². The maximum atomic E-state index is 6.09. The molecule has 158 valence electrons. The Balaban J connectivity index is 1.49. The fraction of sp³-hybridized carbons (Fsp3) is 0.357. The third-order valence-corrected chi connectivity index (χ3v) is 5.39. The summed E-state index contributed by atoms with van der Waals surface area (Å²) in [6, 6.07) is 27.9. The SMILES string of the molecule is CC(C)Cc1ccc(C(C)CNc2ccccc2OCCCc2ccccc2)cc1. The smallest absolute Gasteiger partial charge is 0.142 e. The van der Waals surface area contributed by atoms with Gasteiger partial charge in [-0.15, -0.1) is 0 Å². The van der Waals surface area contributed by atoms with Crippen molar-refractivity contribution in [1.82, 2.24) is 0 Å². The number of hydrogen-bond donors (Lipinski definition) is 1. The van der Waals surface area contributed by atoms with Crippen LogP contribution in [0.4, 0.5) is 5.69 Å². The minimum atomic E-state index is 0.434. The molecular weight excluding hydrogens is 366 g/mol. The molecule has 0 radical (unpaired) electrons. The fourth-order valence-electron chi connectivity index (χ4n) is 3.68. The highest BCUT2D eigenvalue weighted by Gasteiger charge is 2.08. The first-order valence-corrected chi connectivity index (χ1v) is 11.2. The van der Waals surface area contributed by atoms with Crippen molar-refractivity contribution in [2.24, 2.45) is 5.92 Å². The first-order valence-electron chi connectivity index (χ1n) is 11.2. The number of benzene rings is 3. The number of hydrogen-bond acceptors (Lipinski definition) is 2.